The smallest absolute Gasteiger partial charge is 0.356 e. The third-order valence-corrected chi connectivity index (χ3v) is 15.3. The van der Waals surface area contributed by atoms with Gasteiger partial charge in [0.15, 0.2) is 22.8 Å². The molecular formula is C53H47N9O9S4. The normalized spacial score (nSPS) is 16.0. The quantitative estimate of drug-likeness (QED) is 0.0125. The van der Waals surface area contributed by atoms with Crippen LogP contribution in [-0.2, 0) is 46.1 Å². The summed E-state index contributed by atoms with van der Waals surface area (Å²) in [6, 6.07) is 46.7. The van der Waals surface area contributed by atoms with Crippen molar-refractivity contribution in [1.29, 1.82) is 0 Å². The standard InChI is InChI=1S/C53H47N9O9S4/c1-70-60-41(39-32-74-52(55-39)57-53(36-22-12-5-13-23-36,37-24-14-6-15-25-37)38-26-16-7-17-27-38)46(63)56-42-48(65)62-43(51(67)71-44(33-18-8-3-9-19-33)34-20-10-4-11-21-34)35(31-73-50(42)62)30-40(72)45-58-59-47(64)49(66)61(45)29-28-54-75(2,68)69/h3-27,30,32,42,44,50,54,72H,28-29,31H2,1-2H3,(H,55,57)(H,56,63)(H,59,64). The van der Waals surface area contributed by atoms with E-state index in [2.05, 4.69) is 43.3 Å². The molecular weight excluding hydrogens is 1030 g/mol. The predicted molar refractivity (Wildman–Crippen MR) is 290 cm³/mol. The Bertz CT molecular complexity index is 3420. The maximum Gasteiger partial charge on any atom is 0.356 e. The van der Waals surface area contributed by atoms with Crippen molar-refractivity contribution in [2.24, 2.45) is 5.16 Å². The van der Waals surface area contributed by atoms with Crippen molar-refractivity contribution >= 4 is 79.3 Å². The van der Waals surface area contributed by atoms with E-state index in [0.717, 1.165) is 27.5 Å². The van der Waals surface area contributed by atoms with Crippen LogP contribution in [0.1, 0.15) is 45.4 Å². The van der Waals surface area contributed by atoms with Crippen LogP contribution in [0.15, 0.2) is 189 Å². The number of hydrogen-bond donors (Lipinski definition) is 5. The number of β-lactam (4-membered cyclic amide) rings is 1. The number of ether oxygens (including phenoxy) is 1. The maximum atomic E-state index is 14.8. The van der Waals surface area contributed by atoms with E-state index in [1.807, 2.05) is 103 Å². The van der Waals surface area contributed by atoms with Crippen LogP contribution in [0.3, 0.4) is 0 Å². The first-order valence-electron chi connectivity index (χ1n) is 23.1. The first-order valence-corrected chi connectivity index (χ1v) is 27.4. The van der Waals surface area contributed by atoms with Crippen molar-refractivity contribution < 1.29 is 32.4 Å². The Hall–Kier alpha value is -7.89. The lowest BCUT2D eigenvalue weighted by Crippen LogP contribution is -2.71. The number of nitrogens with zero attached hydrogens (tertiary/aromatic N) is 5. The number of sulfonamides is 1. The number of thiazole rings is 1. The summed E-state index contributed by atoms with van der Waals surface area (Å²) in [4.78, 5) is 80.6. The largest absolute Gasteiger partial charge is 0.448 e. The zero-order valence-electron chi connectivity index (χ0n) is 40.0. The lowest BCUT2D eigenvalue weighted by atomic mass is 9.77. The average molecular weight is 1080 g/mol. The maximum absolute atomic E-state index is 14.8. The monoisotopic (exact) mass is 1080 g/mol. The van der Waals surface area contributed by atoms with E-state index in [1.165, 1.54) is 41.2 Å². The molecule has 1 fully saturated rings. The Labute approximate surface area is 444 Å². The van der Waals surface area contributed by atoms with Gasteiger partial charge in [-0.05, 0) is 39.5 Å². The number of thioether (sulfide) groups is 1. The molecule has 382 valence electrons. The molecule has 18 nitrogen and oxygen atoms in total. The van der Waals surface area contributed by atoms with Gasteiger partial charge in [-0.1, -0.05) is 157 Å². The fraction of sp³-hybridized carbons (Fsp3) is 0.170. The molecule has 7 aromatic rings. The number of thiol groups is 1. The molecule has 2 aliphatic rings. The van der Waals surface area contributed by atoms with Crippen molar-refractivity contribution in [1.82, 2.24) is 34.7 Å². The molecule has 2 amide bonds. The van der Waals surface area contributed by atoms with Crippen molar-refractivity contribution in [2.75, 3.05) is 31.0 Å². The number of allylic oxidation sites excluding steroid dienone is 1. The number of aromatic nitrogens is 4. The average Bonchev–Trinajstić information content (AvgIpc) is 3.89. The molecule has 0 saturated carbocycles. The second-order valence-corrected chi connectivity index (χ2v) is 21.3. The van der Waals surface area contributed by atoms with E-state index in [4.69, 9.17) is 14.6 Å². The number of nitrogens with one attached hydrogen (secondary N) is 4. The molecule has 0 spiro atoms. The Morgan fingerprint density at radius 1 is 0.867 bits per heavy atom. The topological polar surface area (TPSA) is 236 Å². The summed E-state index contributed by atoms with van der Waals surface area (Å²) in [5.74, 6) is -2.43. The molecule has 2 aliphatic heterocycles. The Kier molecular flexibility index (Phi) is 15.7. The summed E-state index contributed by atoms with van der Waals surface area (Å²) in [5, 5.41) is 18.1. The van der Waals surface area contributed by atoms with Crippen LogP contribution in [0, 0.1) is 0 Å². The van der Waals surface area contributed by atoms with Gasteiger partial charge in [0.25, 0.3) is 11.8 Å². The number of esters is 1. The molecule has 0 bridgehead atoms. The molecule has 2 atom stereocenters. The Balaban J connectivity index is 1.03. The Morgan fingerprint density at radius 2 is 1.41 bits per heavy atom. The van der Waals surface area contributed by atoms with Gasteiger partial charge in [-0.15, -0.1) is 35.7 Å². The number of carbonyl (C=O) groups is 3. The number of oxime groups is 1. The van der Waals surface area contributed by atoms with Gasteiger partial charge in [0.2, 0.25) is 10.0 Å². The Morgan fingerprint density at radius 3 is 1.95 bits per heavy atom. The third kappa shape index (κ3) is 11.1. The number of hydrogen-bond acceptors (Lipinski definition) is 16. The molecule has 22 heteroatoms. The number of benzene rings is 5. The summed E-state index contributed by atoms with van der Waals surface area (Å²) >= 11 is 7.13. The van der Waals surface area contributed by atoms with Crippen LogP contribution in [0.25, 0.3) is 4.91 Å². The zero-order valence-corrected chi connectivity index (χ0v) is 43.4. The minimum Gasteiger partial charge on any atom is -0.448 e. The minimum atomic E-state index is -3.67. The van der Waals surface area contributed by atoms with Crippen LogP contribution in [0.5, 0.6) is 0 Å². The molecule has 1 saturated heterocycles. The van der Waals surface area contributed by atoms with E-state index in [0.29, 0.717) is 16.3 Å². The van der Waals surface area contributed by atoms with Gasteiger partial charge < -0.3 is 20.2 Å². The molecule has 9 rings (SSSR count). The zero-order chi connectivity index (χ0) is 52.7. The molecule has 75 heavy (non-hydrogen) atoms. The van der Waals surface area contributed by atoms with Crippen molar-refractivity contribution in [3.63, 3.8) is 0 Å². The number of anilines is 1. The number of H-pyrrole nitrogens is 1. The summed E-state index contributed by atoms with van der Waals surface area (Å²) in [6.07, 6.45) is 1.44. The fourth-order valence-corrected chi connectivity index (χ4v) is 11.6. The third-order valence-electron chi connectivity index (χ3n) is 12.2. The second-order valence-electron chi connectivity index (χ2n) is 17.0. The van der Waals surface area contributed by atoms with E-state index >= 15 is 0 Å². The summed E-state index contributed by atoms with van der Waals surface area (Å²) in [5.41, 5.74) is 1.08. The van der Waals surface area contributed by atoms with Crippen LogP contribution < -0.4 is 26.5 Å². The van der Waals surface area contributed by atoms with Gasteiger partial charge in [-0.2, -0.15) is 5.10 Å². The van der Waals surface area contributed by atoms with Crippen LogP contribution in [-0.4, -0.2) is 93.6 Å². The van der Waals surface area contributed by atoms with Gasteiger partial charge in [0.05, 0.1) is 6.26 Å². The summed E-state index contributed by atoms with van der Waals surface area (Å²) < 4.78 is 33.2. The number of fused-ring (bicyclic) bond motifs is 1. The summed E-state index contributed by atoms with van der Waals surface area (Å²) in [6.45, 7) is -0.564. The SMILES string of the molecule is CON=C(C(=O)NC1C(=O)N2C(C(=O)OC(c3ccccc3)c3ccccc3)=C(C=C(S)c3n[nH]c(=O)c(=O)n3CCNS(C)(=O)=O)CSC12)c1csc(NC(c2ccccc2)(c2ccccc2)c2ccccc2)n1. The molecule has 4 heterocycles. The molecule has 2 aromatic heterocycles. The van der Waals surface area contributed by atoms with Crippen LogP contribution in [0.4, 0.5) is 5.13 Å². The molecule has 4 N–H and O–H groups in total. The number of carbonyl (C=O) groups excluding carboxylic acids is 3. The van der Waals surface area contributed by atoms with Crippen molar-refractivity contribution in [3.05, 3.63) is 234 Å². The highest BCUT2D eigenvalue weighted by atomic mass is 32.2. The highest BCUT2D eigenvalue weighted by Crippen LogP contribution is 2.44. The van der Waals surface area contributed by atoms with E-state index in [-0.39, 0.29) is 52.2 Å². The molecule has 0 aliphatic carbocycles. The number of amides is 2. The fourth-order valence-electron chi connectivity index (χ4n) is 8.78. The van der Waals surface area contributed by atoms with Crippen molar-refractivity contribution in [2.45, 2.75) is 29.6 Å². The van der Waals surface area contributed by atoms with Crippen LogP contribution in [0.2, 0.25) is 0 Å². The number of rotatable bonds is 19. The summed E-state index contributed by atoms with van der Waals surface area (Å²) in [7, 11) is -2.38. The van der Waals surface area contributed by atoms with E-state index in [9.17, 15) is 32.4 Å². The number of aromatic amines is 1. The molecule has 0 radical (unpaired) electrons. The minimum absolute atomic E-state index is 0.0198. The van der Waals surface area contributed by atoms with E-state index < -0.39 is 62.0 Å². The molecule has 5 aromatic carbocycles. The van der Waals surface area contributed by atoms with E-state index in [1.54, 1.807) is 53.9 Å². The first kappa shape index (κ1) is 52.0. The highest BCUT2D eigenvalue weighted by molar-refractivity contribution is 8.00. The lowest BCUT2D eigenvalue weighted by Gasteiger charge is -2.49. The van der Waals surface area contributed by atoms with Gasteiger partial charge in [0, 0.05) is 29.1 Å². The van der Waals surface area contributed by atoms with Gasteiger partial charge in [-0.3, -0.25) is 28.6 Å². The second kappa shape index (κ2) is 22.7. The molecule has 2 unspecified atom stereocenters. The van der Waals surface area contributed by atoms with Gasteiger partial charge in [0.1, 0.15) is 35.5 Å². The van der Waals surface area contributed by atoms with Gasteiger partial charge >= 0.3 is 17.1 Å². The first-order chi connectivity index (χ1) is 36.3. The highest BCUT2D eigenvalue weighted by Gasteiger charge is 2.55. The predicted octanol–water partition coefficient (Wildman–Crippen LogP) is 5.65. The van der Waals surface area contributed by atoms with Crippen molar-refractivity contribution in [3.8, 4) is 0 Å². The van der Waals surface area contributed by atoms with Crippen LogP contribution >= 0.6 is 35.7 Å². The lowest BCUT2D eigenvalue weighted by molar-refractivity contribution is -0.154. The van der Waals surface area contributed by atoms with Gasteiger partial charge in [-0.25, -0.2) is 28.0 Å².